The number of aliphatic imine (C=N–C) groups is 4. The topological polar surface area (TPSA) is 94.2 Å². The van der Waals surface area contributed by atoms with Gasteiger partial charge in [-0.2, -0.15) is 20.0 Å². The Morgan fingerprint density at radius 1 is 0.806 bits per heavy atom. The maximum absolute atomic E-state index is 12.5. The molecular weight excluding hydrogens is 456 g/mol. The summed E-state index contributed by atoms with van der Waals surface area (Å²) in [5.74, 6) is 0.879. The lowest BCUT2D eigenvalue weighted by atomic mass is 10.1. The Labute approximate surface area is 210 Å². The molecule has 0 aliphatic rings. The standard InChI is InChI=1S/C28H26N4O4/c1-5-36-28(33)27(32-19-30-23-10-14-26(35-4)15-11-23)17-21-16-24(7-6-20(21)2)31-18-29-22-8-12-25(34-3)13-9-22/h6-17H,5H2,1-4H3/b27-17-. The summed E-state index contributed by atoms with van der Waals surface area (Å²) in [5.41, 5.74) is 3.65. The van der Waals surface area contributed by atoms with E-state index in [0.717, 1.165) is 16.9 Å². The van der Waals surface area contributed by atoms with E-state index in [4.69, 9.17) is 14.2 Å². The van der Waals surface area contributed by atoms with Crippen molar-refractivity contribution in [3.05, 3.63) is 83.6 Å². The number of rotatable bonds is 9. The van der Waals surface area contributed by atoms with Crippen molar-refractivity contribution in [2.24, 2.45) is 20.0 Å². The van der Waals surface area contributed by atoms with Crippen LogP contribution in [-0.4, -0.2) is 38.8 Å². The molecule has 0 atom stereocenters. The molecule has 0 amide bonds. The highest BCUT2D eigenvalue weighted by Crippen LogP contribution is 2.22. The van der Waals surface area contributed by atoms with Gasteiger partial charge < -0.3 is 14.2 Å². The van der Waals surface area contributed by atoms with Gasteiger partial charge in [-0.15, -0.1) is 0 Å². The quantitative estimate of drug-likeness (QED) is 0.196. The zero-order valence-electron chi connectivity index (χ0n) is 20.6. The molecule has 0 bridgehead atoms. The first kappa shape index (κ1) is 25.8. The third-order valence-electron chi connectivity index (χ3n) is 4.89. The Bertz CT molecular complexity index is 1350. The summed E-state index contributed by atoms with van der Waals surface area (Å²) in [7, 11) is 3.20. The summed E-state index contributed by atoms with van der Waals surface area (Å²) < 4.78 is 15.4. The molecule has 0 saturated carbocycles. The van der Waals surface area contributed by atoms with Crippen LogP contribution in [-0.2, 0) is 9.53 Å². The molecule has 0 heterocycles. The molecule has 0 N–H and O–H groups in total. The number of esters is 1. The predicted molar refractivity (Wildman–Crippen MR) is 140 cm³/mol. The maximum atomic E-state index is 12.5. The van der Waals surface area contributed by atoms with Gasteiger partial charge in [0.05, 0.1) is 37.9 Å². The van der Waals surface area contributed by atoms with E-state index < -0.39 is 5.97 Å². The Kier molecular flexibility index (Phi) is 9.48. The van der Waals surface area contributed by atoms with Gasteiger partial charge in [-0.25, -0.2) is 4.79 Å². The van der Waals surface area contributed by atoms with E-state index in [1.165, 1.54) is 0 Å². The van der Waals surface area contributed by atoms with E-state index >= 15 is 0 Å². The van der Waals surface area contributed by atoms with Crippen LogP contribution in [0.1, 0.15) is 18.1 Å². The second-order valence-electron chi connectivity index (χ2n) is 7.33. The number of methoxy groups -OCH3 is 2. The molecule has 0 spiro atoms. The zero-order valence-corrected chi connectivity index (χ0v) is 20.6. The molecule has 36 heavy (non-hydrogen) atoms. The molecule has 3 aromatic carbocycles. The highest BCUT2D eigenvalue weighted by molar-refractivity contribution is 5.94. The van der Waals surface area contributed by atoms with Gasteiger partial charge >= 0.3 is 5.97 Å². The Balaban J connectivity index is 1.88. The van der Waals surface area contributed by atoms with Crippen LogP contribution < -0.4 is 9.47 Å². The summed E-state index contributed by atoms with van der Waals surface area (Å²) in [6.07, 6.45) is 1.61. The molecule has 0 aliphatic carbocycles. The number of carbonyl (C=O) groups is 1. The van der Waals surface area contributed by atoms with Crippen molar-refractivity contribution in [3.8, 4) is 11.5 Å². The van der Waals surface area contributed by atoms with Crippen LogP contribution in [0, 0.1) is 6.92 Å². The van der Waals surface area contributed by atoms with Crippen LogP contribution >= 0.6 is 0 Å². The van der Waals surface area contributed by atoms with Gasteiger partial charge in [0, 0.05) is 0 Å². The van der Waals surface area contributed by atoms with E-state index in [1.54, 1.807) is 57.6 Å². The fraction of sp³-hybridized carbons (Fsp3) is 0.179. The number of hydrogen-bond acceptors (Lipinski definition) is 8. The van der Waals surface area contributed by atoms with E-state index in [9.17, 15) is 4.79 Å². The summed E-state index contributed by atoms with van der Waals surface area (Å²) >= 11 is 0. The van der Waals surface area contributed by atoms with Crippen LogP contribution in [0.5, 0.6) is 11.5 Å². The first-order valence-electron chi connectivity index (χ1n) is 11.1. The van der Waals surface area contributed by atoms with Crippen molar-refractivity contribution in [3.63, 3.8) is 0 Å². The van der Waals surface area contributed by atoms with Crippen molar-refractivity contribution >= 4 is 41.1 Å². The smallest absolute Gasteiger partial charge is 0.357 e. The molecule has 0 saturated heterocycles. The van der Waals surface area contributed by atoms with E-state index in [1.807, 2.05) is 43.3 Å². The second-order valence-corrected chi connectivity index (χ2v) is 7.33. The van der Waals surface area contributed by atoms with E-state index in [-0.39, 0.29) is 12.3 Å². The van der Waals surface area contributed by atoms with Crippen molar-refractivity contribution < 1.29 is 19.0 Å². The fourth-order valence-electron chi connectivity index (χ4n) is 2.93. The minimum atomic E-state index is -0.579. The third kappa shape index (κ3) is 7.64. The molecule has 0 fully saturated rings. The molecule has 8 heteroatoms. The number of nitrogens with zero attached hydrogens (tertiary/aromatic N) is 4. The molecule has 182 valence electrons. The maximum Gasteiger partial charge on any atom is 0.357 e. The third-order valence-corrected chi connectivity index (χ3v) is 4.89. The monoisotopic (exact) mass is 482 g/mol. The lowest BCUT2D eigenvalue weighted by molar-refractivity contribution is -0.138. The molecule has 0 unspecified atom stereocenters. The Morgan fingerprint density at radius 3 is 1.89 bits per heavy atom. The highest BCUT2D eigenvalue weighted by atomic mass is 16.5. The van der Waals surface area contributed by atoms with E-state index in [2.05, 4.69) is 32.0 Å². The average Bonchev–Trinajstić information content (AvgIpc) is 2.90. The SMILES string of the molecule is CCOC(=O)/C(=C/c1cc(N=C=Nc2ccc(OC)cc2)ccc1C)N=C=Nc1ccc(OC)cc1. The molecule has 0 aromatic heterocycles. The number of carbonyl (C=O) groups excluding carboxylic acids is 1. The Morgan fingerprint density at radius 2 is 1.33 bits per heavy atom. The van der Waals surface area contributed by atoms with Crippen LogP contribution in [0.2, 0.25) is 0 Å². The highest BCUT2D eigenvalue weighted by Gasteiger charge is 2.10. The minimum absolute atomic E-state index is 0.0604. The lowest BCUT2D eigenvalue weighted by Gasteiger charge is -2.04. The molecule has 0 radical (unpaired) electrons. The number of aryl methyl sites for hydroxylation is 1. The van der Waals surface area contributed by atoms with Crippen LogP contribution in [0.3, 0.4) is 0 Å². The van der Waals surface area contributed by atoms with Gasteiger partial charge in [0.25, 0.3) is 0 Å². The first-order chi connectivity index (χ1) is 17.5. The summed E-state index contributed by atoms with van der Waals surface area (Å²) in [6.45, 7) is 3.86. The second kappa shape index (κ2) is 13.2. The lowest BCUT2D eigenvalue weighted by Crippen LogP contribution is -2.06. The average molecular weight is 483 g/mol. The van der Waals surface area contributed by atoms with Crippen LogP contribution in [0.25, 0.3) is 6.08 Å². The largest absolute Gasteiger partial charge is 0.497 e. The molecule has 3 aromatic rings. The normalized spacial score (nSPS) is 10.4. The van der Waals surface area contributed by atoms with Gasteiger partial charge in [-0.3, -0.25) is 0 Å². The molecule has 3 rings (SSSR count). The van der Waals surface area contributed by atoms with Gasteiger partial charge in [-0.05, 0) is 91.7 Å². The minimum Gasteiger partial charge on any atom is -0.497 e. The number of hydrogen-bond donors (Lipinski definition) is 0. The molecule has 0 aliphatic heterocycles. The van der Waals surface area contributed by atoms with Gasteiger partial charge in [-0.1, -0.05) is 6.07 Å². The van der Waals surface area contributed by atoms with Crippen molar-refractivity contribution in [1.29, 1.82) is 0 Å². The van der Waals surface area contributed by atoms with Crippen molar-refractivity contribution in [2.75, 3.05) is 20.8 Å². The molecule has 8 nitrogen and oxygen atoms in total. The molecular formula is C28H26N4O4. The van der Waals surface area contributed by atoms with Crippen LogP contribution in [0.15, 0.2) is 92.4 Å². The fourth-order valence-corrected chi connectivity index (χ4v) is 2.93. The van der Waals surface area contributed by atoms with Gasteiger partial charge in [0.15, 0.2) is 5.70 Å². The number of ether oxygens (including phenoxy) is 3. The zero-order chi connectivity index (χ0) is 25.8. The van der Waals surface area contributed by atoms with E-state index in [0.29, 0.717) is 22.8 Å². The summed E-state index contributed by atoms with van der Waals surface area (Å²) in [5, 5.41) is 0. The van der Waals surface area contributed by atoms with Crippen molar-refractivity contribution in [2.45, 2.75) is 13.8 Å². The Hall–Kier alpha value is -4.77. The summed E-state index contributed by atoms with van der Waals surface area (Å²) in [6, 6.07) is 25.1. The van der Waals surface area contributed by atoms with Crippen LogP contribution in [0.4, 0.5) is 17.1 Å². The van der Waals surface area contributed by atoms with Crippen molar-refractivity contribution in [1.82, 2.24) is 0 Å². The first-order valence-corrected chi connectivity index (χ1v) is 11.1. The number of benzene rings is 3. The predicted octanol–water partition coefficient (Wildman–Crippen LogP) is 6.56. The summed E-state index contributed by atoms with van der Waals surface area (Å²) in [4.78, 5) is 29.3. The van der Waals surface area contributed by atoms with Gasteiger partial charge in [0.1, 0.15) is 23.5 Å². The van der Waals surface area contributed by atoms with Gasteiger partial charge in [0.2, 0.25) is 0 Å².